The van der Waals surface area contributed by atoms with Crippen LogP contribution in [-0.2, 0) is 4.79 Å². The summed E-state index contributed by atoms with van der Waals surface area (Å²) in [4.78, 5) is 11.3. The van der Waals surface area contributed by atoms with E-state index in [1.54, 1.807) is 7.05 Å². The van der Waals surface area contributed by atoms with Crippen LogP contribution in [0.4, 0.5) is 0 Å². The van der Waals surface area contributed by atoms with Crippen LogP contribution in [0.3, 0.4) is 0 Å². The molecule has 82 valence electrons. The summed E-state index contributed by atoms with van der Waals surface area (Å²) in [7, 11) is 1.80. The Balaban J connectivity index is 2.18. The van der Waals surface area contributed by atoms with Crippen LogP contribution < -0.4 is 10.6 Å². The first-order valence-corrected chi connectivity index (χ1v) is 5.70. The fraction of sp³-hybridized carbons (Fsp3) is 0.909. The lowest BCUT2D eigenvalue weighted by atomic mass is 9.84. The number of hydrogen-bond donors (Lipinski definition) is 2. The second-order valence-electron chi connectivity index (χ2n) is 4.22. The first kappa shape index (κ1) is 11.5. The summed E-state index contributed by atoms with van der Waals surface area (Å²) in [5.74, 6) is 1.03. The van der Waals surface area contributed by atoms with Crippen molar-refractivity contribution in [3.05, 3.63) is 0 Å². The van der Waals surface area contributed by atoms with Gasteiger partial charge in [0.25, 0.3) is 0 Å². The molecule has 0 spiro atoms. The summed E-state index contributed by atoms with van der Waals surface area (Å²) >= 11 is 0. The van der Waals surface area contributed by atoms with Crippen molar-refractivity contribution in [1.82, 2.24) is 10.6 Å². The van der Waals surface area contributed by atoms with Crippen molar-refractivity contribution in [2.45, 2.75) is 45.1 Å². The third-order valence-corrected chi connectivity index (χ3v) is 3.13. The molecular formula is C11H22N2O. The molecule has 0 aliphatic heterocycles. The van der Waals surface area contributed by atoms with Crippen LogP contribution in [0.5, 0.6) is 0 Å². The summed E-state index contributed by atoms with van der Waals surface area (Å²) in [6.07, 6.45) is 6.17. The molecule has 1 aliphatic rings. The third kappa shape index (κ3) is 3.66. The van der Waals surface area contributed by atoms with Crippen LogP contribution >= 0.6 is 0 Å². The maximum Gasteiger partial charge on any atom is 0.234 e. The van der Waals surface area contributed by atoms with Gasteiger partial charge in [0.15, 0.2) is 0 Å². The molecule has 0 heterocycles. The Hall–Kier alpha value is -0.570. The monoisotopic (exact) mass is 198 g/mol. The van der Waals surface area contributed by atoms with E-state index in [0.717, 1.165) is 18.8 Å². The number of carbonyl (C=O) groups excluding carboxylic acids is 1. The minimum Gasteiger partial charge on any atom is -0.352 e. The normalized spacial score (nSPS) is 27.3. The highest BCUT2D eigenvalue weighted by Crippen LogP contribution is 2.26. The van der Waals surface area contributed by atoms with E-state index in [1.165, 1.54) is 19.3 Å². The summed E-state index contributed by atoms with van der Waals surface area (Å²) in [5, 5.41) is 5.93. The minimum atomic E-state index is 0.132. The molecule has 3 heteroatoms. The van der Waals surface area contributed by atoms with Gasteiger partial charge in [-0.2, -0.15) is 0 Å². The average Bonchev–Trinajstić information content (AvgIpc) is 2.19. The third-order valence-electron chi connectivity index (χ3n) is 3.13. The lowest BCUT2D eigenvalue weighted by Crippen LogP contribution is -2.41. The molecule has 3 nitrogen and oxygen atoms in total. The van der Waals surface area contributed by atoms with Crippen LogP contribution in [0.25, 0.3) is 0 Å². The molecule has 0 radical (unpaired) electrons. The molecule has 0 aromatic rings. The Bertz CT molecular complexity index is 174. The highest BCUT2D eigenvalue weighted by Gasteiger charge is 2.20. The van der Waals surface area contributed by atoms with Gasteiger partial charge in [-0.3, -0.25) is 4.79 Å². The molecule has 0 aromatic heterocycles. The fourth-order valence-electron chi connectivity index (χ4n) is 2.15. The Morgan fingerprint density at radius 3 is 2.43 bits per heavy atom. The molecule has 0 aromatic carbocycles. The second-order valence-corrected chi connectivity index (χ2v) is 4.22. The summed E-state index contributed by atoms with van der Waals surface area (Å²) in [6, 6.07) is 0.429. The van der Waals surface area contributed by atoms with E-state index < -0.39 is 0 Å². The largest absolute Gasteiger partial charge is 0.352 e. The van der Waals surface area contributed by atoms with Crippen molar-refractivity contribution in [1.29, 1.82) is 0 Å². The van der Waals surface area contributed by atoms with Crippen molar-refractivity contribution in [3.8, 4) is 0 Å². The summed E-state index contributed by atoms with van der Waals surface area (Å²) in [5.41, 5.74) is 0. The first-order chi connectivity index (χ1) is 6.76. The lowest BCUT2D eigenvalue weighted by molar-refractivity contribution is -0.121. The Morgan fingerprint density at radius 1 is 1.29 bits per heavy atom. The lowest BCUT2D eigenvalue weighted by Gasteiger charge is -2.28. The zero-order valence-corrected chi connectivity index (χ0v) is 9.31. The van der Waals surface area contributed by atoms with E-state index in [9.17, 15) is 4.79 Å². The Labute approximate surface area is 86.6 Å². The Morgan fingerprint density at radius 2 is 1.93 bits per heavy atom. The quantitative estimate of drug-likeness (QED) is 0.714. The van der Waals surface area contributed by atoms with Gasteiger partial charge in [0.1, 0.15) is 0 Å². The van der Waals surface area contributed by atoms with Gasteiger partial charge in [-0.15, -0.1) is 0 Å². The molecular weight excluding hydrogens is 176 g/mol. The number of nitrogens with one attached hydrogen (secondary N) is 2. The van der Waals surface area contributed by atoms with Crippen molar-refractivity contribution in [3.63, 3.8) is 0 Å². The van der Waals surface area contributed by atoms with Gasteiger partial charge >= 0.3 is 0 Å². The SMILES string of the molecule is CCC1CCC(NC(=O)CNC)CC1. The van der Waals surface area contributed by atoms with Crippen molar-refractivity contribution in [2.24, 2.45) is 5.92 Å². The van der Waals surface area contributed by atoms with Crippen molar-refractivity contribution in [2.75, 3.05) is 13.6 Å². The summed E-state index contributed by atoms with van der Waals surface area (Å²) in [6.45, 7) is 2.69. The first-order valence-electron chi connectivity index (χ1n) is 5.70. The molecule has 1 rings (SSSR count). The zero-order chi connectivity index (χ0) is 10.4. The van der Waals surface area contributed by atoms with E-state index in [1.807, 2.05) is 0 Å². The molecule has 0 unspecified atom stereocenters. The minimum absolute atomic E-state index is 0.132. The van der Waals surface area contributed by atoms with E-state index in [4.69, 9.17) is 0 Å². The van der Waals surface area contributed by atoms with Crippen LogP contribution in [0.2, 0.25) is 0 Å². The topological polar surface area (TPSA) is 41.1 Å². The molecule has 1 saturated carbocycles. The van der Waals surface area contributed by atoms with Gasteiger partial charge in [-0.25, -0.2) is 0 Å². The van der Waals surface area contributed by atoms with Gasteiger partial charge < -0.3 is 10.6 Å². The smallest absolute Gasteiger partial charge is 0.234 e. The molecule has 1 amide bonds. The van der Waals surface area contributed by atoms with Gasteiger partial charge in [-0.1, -0.05) is 13.3 Å². The zero-order valence-electron chi connectivity index (χ0n) is 9.31. The predicted molar refractivity (Wildman–Crippen MR) is 58.1 cm³/mol. The highest BCUT2D eigenvalue weighted by atomic mass is 16.1. The average molecular weight is 198 g/mol. The van der Waals surface area contributed by atoms with Crippen LogP contribution in [0.1, 0.15) is 39.0 Å². The van der Waals surface area contributed by atoms with Crippen LogP contribution in [0.15, 0.2) is 0 Å². The van der Waals surface area contributed by atoms with Crippen molar-refractivity contribution < 1.29 is 4.79 Å². The van der Waals surface area contributed by atoms with Crippen molar-refractivity contribution >= 4 is 5.91 Å². The number of likely N-dealkylation sites (N-methyl/N-ethyl adjacent to an activating group) is 1. The van der Waals surface area contributed by atoms with Gasteiger partial charge in [0.2, 0.25) is 5.91 Å². The number of amides is 1. The maximum atomic E-state index is 11.3. The predicted octanol–water partition coefficient (Wildman–Crippen LogP) is 1.29. The van der Waals surface area contributed by atoms with E-state index in [0.29, 0.717) is 12.6 Å². The standard InChI is InChI=1S/C11H22N2O/c1-3-9-4-6-10(7-5-9)13-11(14)8-12-2/h9-10,12H,3-8H2,1-2H3,(H,13,14). The number of carbonyl (C=O) groups is 1. The van der Waals surface area contributed by atoms with E-state index in [2.05, 4.69) is 17.6 Å². The molecule has 1 aliphatic carbocycles. The van der Waals surface area contributed by atoms with E-state index >= 15 is 0 Å². The number of rotatable bonds is 4. The van der Waals surface area contributed by atoms with Gasteiger partial charge in [-0.05, 0) is 38.6 Å². The fourth-order valence-corrected chi connectivity index (χ4v) is 2.15. The van der Waals surface area contributed by atoms with Gasteiger partial charge in [0, 0.05) is 6.04 Å². The summed E-state index contributed by atoms with van der Waals surface area (Å²) < 4.78 is 0. The van der Waals surface area contributed by atoms with Crippen LogP contribution in [0, 0.1) is 5.92 Å². The Kier molecular flexibility index (Phi) is 4.94. The molecule has 14 heavy (non-hydrogen) atoms. The van der Waals surface area contributed by atoms with Crippen LogP contribution in [-0.4, -0.2) is 25.5 Å². The molecule has 0 saturated heterocycles. The molecule has 1 fully saturated rings. The van der Waals surface area contributed by atoms with Gasteiger partial charge in [0.05, 0.1) is 6.54 Å². The highest BCUT2D eigenvalue weighted by molar-refractivity contribution is 5.78. The molecule has 0 bridgehead atoms. The number of hydrogen-bond acceptors (Lipinski definition) is 2. The molecule has 2 N–H and O–H groups in total. The maximum absolute atomic E-state index is 11.3. The molecule has 0 atom stereocenters. The van der Waals surface area contributed by atoms with E-state index in [-0.39, 0.29) is 5.91 Å². The second kappa shape index (κ2) is 6.02.